The third kappa shape index (κ3) is 2.22. The molecular formula is C11H18N2. The van der Waals surface area contributed by atoms with Crippen molar-refractivity contribution in [3.05, 3.63) is 28.8 Å². The molecule has 0 aliphatic carbocycles. The summed E-state index contributed by atoms with van der Waals surface area (Å²) in [5, 5.41) is 0. The second-order valence-corrected chi connectivity index (χ2v) is 3.76. The summed E-state index contributed by atoms with van der Waals surface area (Å²) in [6.07, 6.45) is 0.854. The fraction of sp³-hybridized carbons (Fsp3) is 0.455. The SMILES string of the molecule is Cc1ccc(C[C@@H](C)N)c(N)c1C. The van der Waals surface area contributed by atoms with Crippen LogP contribution in [0.15, 0.2) is 12.1 Å². The van der Waals surface area contributed by atoms with Crippen molar-refractivity contribution in [2.75, 3.05) is 5.73 Å². The van der Waals surface area contributed by atoms with Crippen molar-refractivity contribution in [1.29, 1.82) is 0 Å². The van der Waals surface area contributed by atoms with Gasteiger partial charge in [-0.25, -0.2) is 0 Å². The molecule has 0 aliphatic heterocycles. The van der Waals surface area contributed by atoms with E-state index in [9.17, 15) is 0 Å². The lowest BCUT2D eigenvalue weighted by atomic mass is 9.99. The summed E-state index contributed by atoms with van der Waals surface area (Å²) in [4.78, 5) is 0. The first-order valence-electron chi connectivity index (χ1n) is 4.62. The van der Waals surface area contributed by atoms with Gasteiger partial charge in [-0.05, 0) is 43.9 Å². The van der Waals surface area contributed by atoms with E-state index >= 15 is 0 Å². The van der Waals surface area contributed by atoms with Gasteiger partial charge in [0, 0.05) is 11.7 Å². The van der Waals surface area contributed by atoms with Gasteiger partial charge in [-0.15, -0.1) is 0 Å². The van der Waals surface area contributed by atoms with Crippen LogP contribution in [0.5, 0.6) is 0 Å². The summed E-state index contributed by atoms with van der Waals surface area (Å²) in [6, 6.07) is 4.34. The van der Waals surface area contributed by atoms with E-state index in [1.165, 1.54) is 11.1 Å². The number of nitrogens with two attached hydrogens (primary N) is 2. The molecule has 13 heavy (non-hydrogen) atoms. The summed E-state index contributed by atoms with van der Waals surface area (Å²) in [5.74, 6) is 0. The first-order chi connectivity index (χ1) is 6.02. The molecule has 1 rings (SSSR count). The molecule has 0 bridgehead atoms. The number of hydrogen-bond acceptors (Lipinski definition) is 2. The Labute approximate surface area is 79.9 Å². The van der Waals surface area contributed by atoms with Crippen LogP contribution in [-0.4, -0.2) is 6.04 Å². The van der Waals surface area contributed by atoms with Crippen molar-refractivity contribution in [2.45, 2.75) is 33.2 Å². The zero-order valence-electron chi connectivity index (χ0n) is 8.59. The molecule has 2 heteroatoms. The lowest BCUT2D eigenvalue weighted by molar-refractivity contribution is 0.739. The van der Waals surface area contributed by atoms with Crippen LogP contribution in [0, 0.1) is 13.8 Å². The zero-order valence-corrected chi connectivity index (χ0v) is 8.59. The predicted octanol–water partition coefficient (Wildman–Crippen LogP) is 1.78. The molecule has 0 aromatic heterocycles. The van der Waals surface area contributed by atoms with E-state index in [-0.39, 0.29) is 6.04 Å². The molecule has 1 atom stereocenters. The minimum absolute atomic E-state index is 0.171. The second kappa shape index (κ2) is 3.79. The summed E-state index contributed by atoms with van der Waals surface area (Å²) in [5.41, 5.74) is 16.2. The van der Waals surface area contributed by atoms with Gasteiger partial charge < -0.3 is 11.5 Å². The summed E-state index contributed by atoms with van der Waals surface area (Å²) in [7, 11) is 0. The quantitative estimate of drug-likeness (QED) is 0.678. The van der Waals surface area contributed by atoms with Crippen LogP contribution in [0.2, 0.25) is 0 Å². The van der Waals surface area contributed by atoms with Crippen molar-refractivity contribution in [3.8, 4) is 0 Å². The minimum Gasteiger partial charge on any atom is -0.398 e. The minimum atomic E-state index is 0.171. The topological polar surface area (TPSA) is 52.0 Å². The molecule has 0 aliphatic rings. The summed E-state index contributed by atoms with van der Waals surface area (Å²) in [6.45, 7) is 6.12. The van der Waals surface area contributed by atoms with Gasteiger partial charge in [0.1, 0.15) is 0 Å². The standard InChI is InChI=1S/C11H18N2/c1-7-4-5-10(6-8(2)12)11(13)9(7)3/h4-5,8H,6,12-13H2,1-3H3/t8-/m1/s1. The fourth-order valence-electron chi connectivity index (χ4n) is 1.42. The van der Waals surface area contributed by atoms with Gasteiger partial charge in [-0.3, -0.25) is 0 Å². The Morgan fingerprint density at radius 3 is 2.46 bits per heavy atom. The maximum atomic E-state index is 5.98. The van der Waals surface area contributed by atoms with E-state index in [1.807, 2.05) is 6.92 Å². The number of aryl methyl sites for hydroxylation is 1. The van der Waals surface area contributed by atoms with Crippen LogP contribution in [0.4, 0.5) is 5.69 Å². The van der Waals surface area contributed by atoms with E-state index in [4.69, 9.17) is 11.5 Å². The van der Waals surface area contributed by atoms with Gasteiger partial charge >= 0.3 is 0 Å². The maximum absolute atomic E-state index is 5.98. The highest BCUT2D eigenvalue weighted by atomic mass is 14.6. The Balaban J connectivity index is 3.04. The molecule has 1 aromatic carbocycles. The van der Waals surface area contributed by atoms with E-state index < -0.39 is 0 Å². The Bertz CT molecular complexity index is 303. The molecule has 0 radical (unpaired) electrons. The first kappa shape index (κ1) is 10.1. The Morgan fingerprint density at radius 2 is 1.92 bits per heavy atom. The molecular weight excluding hydrogens is 160 g/mol. The Kier molecular flexibility index (Phi) is 2.94. The lowest BCUT2D eigenvalue weighted by Crippen LogP contribution is -2.18. The van der Waals surface area contributed by atoms with Crippen molar-refractivity contribution < 1.29 is 0 Å². The highest BCUT2D eigenvalue weighted by molar-refractivity contribution is 5.56. The van der Waals surface area contributed by atoms with E-state index in [0.29, 0.717) is 0 Å². The smallest absolute Gasteiger partial charge is 0.0379 e. The Morgan fingerprint density at radius 1 is 1.31 bits per heavy atom. The number of anilines is 1. The molecule has 4 N–H and O–H groups in total. The lowest BCUT2D eigenvalue weighted by Gasteiger charge is -2.12. The molecule has 72 valence electrons. The van der Waals surface area contributed by atoms with Gasteiger partial charge in [-0.1, -0.05) is 12.1 Å². The number of hydrogen-bond donors (Lipinski definition) is 2. The Hall–Kier alpha value is -1.02. The van der Waals surface area contributed by atoms with Gasteiger partial charge in [0.15, 0.2) is 0 Å². The highest BCUT2D eigenvalue weighted by Gasteiger charge is 2.05. The van der Waals surface area contributed by atoms with E-state index in [1.54, 1.807) is 0 Å². The average Bonchev–Trinajstić information content (AvgIpc) is 2.06. The number of nitrogen functional groups attached to an aromatic ring is 1. The summed E-state index contributed by atoms with van der Waals surface area (Å²) >= 11 is 0. The van der Waals surface area contributed by atoms with Gasteiger partial charge in [0.25, 0.3) is 0 Å². The molecule has 0 saturated carbocycles. The molecule has 0 heterocycles. The fourth-order valence-corrected chi connectivity index (χ4v) is 1.42. The van der Waals surface area contributed by atoms with Crippen molar-refractivity contribution >= 4 is 5.69 Å². The van der Waals surface area contributed by atoms with Crippen LogP contribution < -0.4 is 11.5 Å². The molecule has 0 saturated heterocycles. The third-order valence-corrected chi connectivity index (χ3v) is 2.42. The van der Waals surface area contributed by atoms with Crippen molar-refractivity contribution in [2.24, 2.45) is 5.73 Å². The number of rotatable bonds is 2. The maximum Gasteiger partial charge on any atom is 0.0379 e. The average molecular weight is 178 g/mol. The molecule has 0 fully saturated rings. The third-order valence-electron chi connectivity index (χ3n) is 2.42. The highest BCUT2D eigenvalue weighted by Crippen LogP contribution is 2.21. The number of benzene rings is 1. The van der Waals surface area contributed by atoms with Crippen LogP contribution >= 0.6 is 0 Å². The van der Waals surface area contributed by atoms with Crippen LogP contribution in [-0.2, 0) is 6.42 Å². The van der Waals surface area contributed by atoms with Gasteiger partial charge in [0.05, 0.1) is 0 Å². The first-order valence-corrected chi connectivity index (χ1v) is 4.62. The van der Waals surface area contributed by atoms with E-state index in [0.717, 1.165) is 17.7 Å². The molecule has 1 aromatic rings. The van der Waals surface area contributed by atoms with Gasteiger partial charge in [-0.2, -0.15) is 0 Å². The van der Waals surface area contributed by atoms with Crippen molar-refractivity contribution in [3.63, 3.8) is 0 Å². The summed E-state index contributed by atoms with van der Waals surface area (Å²) < 4.78 is 0. The van der Waals surface area contributed by atoms with Crippen molar-refractivity contribution in [1.82, 2.24) is 0 Å². The van der Waals surface area contributed by atoms with Crippen LogP contribution in [0.3, 0.4) is 0 Å². The monoisotopic (exact) mass is 178 g/mol. The predicted molar refractivity (Wildman–Crippen MR) is 57.7 cm³/mol. The molecule has 0 unspecified atom stereocenters. The molecule has 0 spiro atoms. The normalized spacial score (nSPS) is 12.9. The largest absolute Gasteiger partial charge is 0.398 e. The van der Waals surface area contributed by atoms with Crippen LogP contribution in [0.25, 0.3) is 0 Å². The van der Waals surface area contributed by atoms with E-state index in [2.05, 4.69) is 26.0 Å². The second-order valence-electron chi connectivity index (χ2n) is 3.76. The zero-order chi connectivity index (χ0) is 10.0. The van der Waals surface area contributed by atoms with Crippen LogP contribution in [0.1, 0.15) is 23.6 Å². The van der Waals surface area contributed by atoms with Gasteiger partial charge in [0.2, 0.25) is 0 Å². The molecule has 2 nitrogen and oxygen atoms in total. The molecule has 0 amide bonds.